The number of aliphatic hydroxyl groups is 1. The van der Waals surface area contributed by atoms with Crippen molar-refractivity contribution in [3.05, 3.63) is 53.8 Å². The van der Waals surface area contributed by atoms with E-state index in [9.17, 15) is 19.4 Å². The number of phenolic OH excluding ortho intramolecular Hbond substituents is 1. The normalized spacial score (nSPS) is 26.2. The van der Waals surface area contributed by atoms with Gasteiger partial charge in [0.25, 0.3) is 0 Å². The number of carbonyl (C=O) groups excluding carboxylic acids is 1. The fourth-order valence-corrected chi connectivity index (χ4v) is 4.14. The van der Waals surface area contributed by atoms with Gasteiger partial charge in [-0.3, -0.25) is 9.69 Å². The van der Waals surface area contributed by atoms with Crippen LogP contribution in [0.1, 0.15) is 44.2 Å². The number of amides is 1. The number of halogens is 1. The maximum Gasteiger partial charge on any atom is 0.232 e. The molecule has 1 heterocycles. The predicted octanol–water partition coefficient (Wildman–Crippen LogP) is 3.17. The third kappa shape index (κ3) is 3.70. The minimum Gasteiger partial charge on any atom is -0.505 e. The third-order valence-electron chi connectivity index (χ3n) is 5.98. The molecule has 0 bridgehead atoms. The Morgan fingerprint density at radius 2 is 1.97 bits per heavy atom. The molecule has 5 N–H and O–H groups in total. The lowest BCUT2D eigenvalue weighted by Gasteiger charge is -2.48. The van der Waals surface area contributed by atoms with Gasteiger partial charge in [0.1, 0.15) is 11.6 Å². The summed E-state index contributed by atoms with van der Waals surface area (Å²) in [6, 6.07) is 10.2. The van der Waals surface area contributed by atoms with E-state index in [0.29, 0.717) is 36.2 Å². The number of rotatable bonds is 5. The van der Waals surface area contributed by atoms with Crippen molar-refractivity contribution in [3.63, 3.8) is 0 Å². The smallest absolute Gasteiger partial charge is 0.232 e. The van der Waals surface area contributed by atoms with E-state index in [1.165, 1.54) is 17.0 Å². The highest BCUT2D eigenvalue weighted by atomic mass is 19.1. The summed E-state index contributed by atoms with van der Waals surface area (Å²) >= 11 is 0. The zero-order valence-electron chi connectivity index (χ0n) is 16.7. The number of aliphatic imine (C=N–C) groups is 1. The highest BCUT2D eigenvalue weighted by Crippen LogP contribution is 2.42. The van der Waals surface area contributed by atoms with E-state index in [1.807, 2.05) is 6.92 Å². The van der Waals surface area contributed by atoms with Gasteiger partial charge < -0.3 is 21.3 Å². The first-order valence-electron chi connectivity index (χ1n) is 10.0. The zero-order chi connectivity index (χ0) is 21.5. The molecule has 8 heteroatoms. The maximum atomic E-state index is 13.1. The molecule has 1 fully saturated rings. The molecule has 1 atom stereocenters. The average molecular weight is 412 g/mol. The van der Waals surface area contributed by atoms with Gasteiger partial charge in [-0.15, -0.1) is 0 Å². The molecule has 0 spiro atoms. The van der Waals surface area contributed by atoms with Crippen molar-refractivity contribution in [1.29, 1.82) is 0 Å². The summed E-state index contributed by atoms with van der Waals surface area (Å²) in [6.45, 7) is 1.91. The Bertz CT molecular complexity index is 986. The first-order chi connectivity index (χ1) is 14.3. The number of phenols is 1. The Morgan fingerprint density at radius 3 is 2.60 bits per heavy atom. The van der Waals surface area contributed by atoms with E-state index >= 15 is 0 Å². The van der Waals surface area contributed by atoms with Crippen LogP contribution in [0.5, 0.6) is 5.75 Å². The number of nitrogens with two attached hydrogens (primary N) is 1. The van der Waals surface area contributed by atoms with Gasteiger partial charge >= 0.3 is 0 Å². The number of hydrogen-bond donors (Lipinski definition) is 4. The summed E-state index contributed by atoms with van der Waals surface area (Å²) in [5.41, 5.74) is 6.89. The average Bonchev–Trinajstić information content (AvgIpc) is 2.69. The molecular weight excluding hydrogens is 387 g/mol. The molecule has 0 saturated heterocycles. The Labute approximate surface area is 174 Å². The maximum absolute atomic E-state index is 13.1. The van der Waals surface area contributed by atoms with Gasteiger partial charge in [-0.05, 0) is 49.6 Å². The SMILES string of the molecule is CCC1(O)CC(N2C(=O)CC(c3cccc(Nc4ccc(F)cc4)c3O)N=C2N)C1. The van der Waals surface area contributed by atoms with Crippen LogP contribution >= 0.6 is 0 Å². The summed E-state index contributed by atoms with van der Waals surface area (Å²) < 4.78 is 13.1. The Kier molecular flexibility index (Phi) is 5.11. The number of nitrogens with one attached hydrogen (secondary N) is 1. The van der Waals surface area contributed by atoms with E-state index in [4.69, 9.17) is 5.73 Å². The minimum absolute atomic E-state index is 0.0337. The molecule has 1 aliphatic carbocycles. The van der Waals surface area contributed by atoms with Gasteiger partial charge in [-0.25, -0.2) is 9.38 Å². The molecule has 30 heavy (non-hydrogen) atoms. The number of anilines is 2. The number of carbonyl (C=O) groups is 1. The van der Waals surface area contributed by atoms with Crippen LogP contribution in [-0.2, 0) is 4.79 Å². The van der Waals surface area contributed by atoms with Gasteiger partial charge in [-0.2, -0.15) is 0 Å². The van der Waals surface area contributed by atoms with E-state index in [1.54, 1.807) is 30.3 Å². The number of aromatic hydroxyl groups is 1. The van der Waals surface area contributed by atoms with Crippen molar-refractivity contribution in [2.24, 2.45) is 10.7 Å². The standard InChI is InChI=1S/C22H25FN4O3/c1-2-22(30)11-15(12-22)27-19(28)10-18(26-21(27)24)16-4-3-5-17(20(16)29)25-14-8-6-13(23)7-9-14/h3-9,15,18,25,29-30H,2,10-12H2,1H3,(H2,24,26). The molecule has 1 amide bonds. The molecule has 4 rings (SSSR count). The van der Waals surface area contributed by atoms with E-state index in [0.717, 1.165) is 0 Å². The molecule has 2 aromatic rings. The monoisotopic (exact) mass is 412 g/mol. The summed E-state index contributed by atoms with van der Waals surface area (Å²) in [7, 11) is 0. The molecule has 1 saturated carbocycles. The van der Waals surface area contributed by atoms with Gasteiger partial charge in [-0.1, -0.05) is 19.1 Å². The lowest BCUT2D eigenvalue weighted by Crippen LogP contribution is -2.61. The van der Waals surface area contributed by atoms with Gasteiger partial charge in [0.15, 0.2) is 5.96 Å². The van der Waals surface area contributed by atoms with Crippen LogP contribution in [0.2, 0.25) is 0 Å². The van der Waals surface area contributed by atoms with Crippen LogP contribution in [-0.4, -0.2) is 38.6 Å². The zero-order valence-corrected chi connectivity index (χ0v) is 16.7. The van der Waals surface area contributed by atoms with Crippen molar-refractivity contribution >= 4 is 23.2 Å². The van der Waals surface area contributed by atoms with Crippen LogP contribution in [0.3, 0.4) is 0 Å². The second kappa shape index (κ2) is 7.60. The quantitative estimate of drug-likeness (QED) is 0.564. The highest BCUT2D eigenvalue weighted by molar-refractivity contribution is 5.99. The molecule has 158 valence electrons. The number of guanidine groups is 1. The molecule has 0 radical (unpaired) electrons. The molecule has 0 aromatic heterocycles. The second-order valence-electron chi connectivity index (χ2n) is 7.99. The number of benzene rings is 2. The van der Waals surface area contributed by atoms with Crippen LogP contribution in [0.15, 0.2) is 47.5 Å². The topological polar surface area (TPSA) is 111 Å². The fraction of sp³-hybridized carbons (Fsp3) is 0.364. The largest absolute Gasteiger partial charge is 0.505 e. The van der Waals surface area contributed by atoms with Gasteiger partial charge in [0.05, 0.1) is 23.8 Å². The number of nitrogens with zero attached hydrogens (tertiary/aromatic N) is 2. The predicted molar refractivity (Wildman–Crippen MR) is 112 cm³/mol. The van der Waals surface area contributed by atoms with E-state index < -0.39 is 11.6 Å². The van der Waals surface area contributed by atoms with Gasteiger partial charge in [0, 0.05) is 17.3 Å². The summed E-state index contributed by atoms with van der Waals surface area (Å²) in [4.78, 5) is 18.7. The molecule has 1 unspecified atom stereocenters. The molecule has 2 aliphatic rings. The lowest BCUT2D eigenvalue weighted by molar-refractivity contribution is -0.139. The van der Waals surface area contributed by atoms with Gasteiger partial charge in [0.2, 0.25) is 5.91 Å². The van der Waals surface area contributed by atoms with Crippen LogP contribution in [0, 0.1) is 5.82 Å². The first-order valence-corrected chi connectivity index (χ1v) is 10.0. The fourth-order valence-electron chi connectivity index (χ4n) is 4.14. The van der Waals surface area contributed by atoms with Crippen molar-refractivity contribution < 1.29 is 19.4 Å². The number of para-hydroxylation sites is 1. The molecule has 1 aliphatic heterocycles. The van der Waals surface area contributed by atoms with E-state index in [-0.39, 0.29) is 35.9 Å². The Morgan fingerprint density at radius 1 is 1.27 bits per heavy atom. The van der Waals surface area contributed by atoms with Crippen molar-refractivity contribution in [1.82, 2.24) is 4.90 Å². The van der Waals surface area contributed by atoms with Crippen LogP contribution in [0.25, 0.3) is 0 Å². The van der Waals surface area contributed by atoms with Crippen molar-refractivity contribution in [2.45, 2.75) is 50.3 Å². The van der Waals surface area contributed by atoms with Crippen LogP contribution < -0.4 is 11.1 Å². The Balaban J connectivity index is 1.55. The lowest BCUT2D eigenvalue weighted by atomic mass is 9.73. The Hall–Kier alpha value is -3.13. The van der Waals surface area contributed by atoms with Crippen molar-refractivity contribution in [2.75, 3.05) is 5.32 Å². The third-order valence-corrected chi connectivity index (χ3v) is 5.98. The van der Waals surface area contributed by atoms with Crippen LogP contribution in [0.4, 0.5) is 15.8 Å². The second-order valence-corrected chi connectivity index (χ2v) is 7.99. The number of hydrogen-bond acceptors (Lipinski definition) is 6. The first kappa shape index (κ1) is 20.2. The van der Waals surface area contributed by atoms with Crippen molar-refractivity contribution in [3.8, 4) is 5.75 Å². The summed E-state index contributed by atoms with van der Waals surface area (Å²) in [5, 5.41) is 24.0. The van der Waals surface area contributed by atoms with E-state index in [2.05, 4.69) is 10.3 Å². The summed E-state index contributed by atoms with van der Waals surface area (Å²) in [6.07, 6.45) is 1.68. The molecule has 7 nitrogen and oxygen atoms in total. The highest BCUT2D eigenvalue weighted by Gasteiger charge is 2.47. The summed E-state index contributed by atoms with van der Waals surface area (Å²) in [5.74, 6) is -0.450. The molecule has 2 aromatic carbocycles. The molecular formula is C22H25FN4O3. The minimum atomic E-state index is -0.735.